The maximum absolute atomic E-state index is 9.98. The van der Waals surface area contributed by atoms with Crippen molar-refractivity contribution in [2.24, 2.45) is 0 Å². The van der Waals surface area contributed by atoms with Gasteiger partial charge in [-0.05, 0) is 24.3 Å². The molecule has 3 rings (SSSR count). The number of carbonyl (C=O) groups is 1. The molecule has 0 unspecified atom stereocenters. The molecule has 0 aromatic heterocycles. The van der Waals surface area contributed by atoms with Gasteiger partial charge >= 0.3 is 0 Å². The molecule has 33 heavy (non-hydrogen) atoms. The van der Waals surface area contributed by atoms with Crippen LogP contribution in [0.2, 0.25) is 0 Å². The van der Waals surface area contributed by atoms with Gasteiger partial charge in [0, 0.05) is 31.9 Å². The van der Waals surface area contributed by atoms with Crippen LogP contribution in [0.25, 0.3) is 20.8 Å². The van der Waals surface area contributed by atoms with Crippen LogP contribution >= 0.6 is 11.3 Å². The van der Waals surface area contributed by atoms with Crippen LogP contribution in [0, 0.1) is 0 Å². The molecule has 5 N–H and O–H groups in total. The summed E-state index contributed by atoms with van der Waals surface area (Å²) in [5.74, 6) is -1.98. The van der Waals surface area contributed by atoms with Gasteiger partial charge in [-0.1, -0.05) is 0 Å². The summed E-state index contributed by atoms with van der Waals surface area (Å²) in [5.41, 5.74) is 3.33. The molecule has 11 heteroatoms. The molecule has 180 valence electrons. The molecule has 0 amide bonds. The first-order valence-electron chi connectivity index (χ1n) is 10.0. The highest BCUT2D eigenvalue weighted by Crippen LogP contribution is 2.31. The summed E-state index contributed by atoms with van der Waals surface area (Å²) in [6, 6.07) is 12.8. The van der Waals surface area contributed by atoms with E-state index in [1.807, 2.05) is 0 Å². The monoisotopic (exact) mass is 479 g/mol. The highest BCUT2D eigenvalue weighted by Gasteiger charge is 2.30. The van der Waals surface area contributed by atoms with Crippen LogP contribution in [0.5, 0.6) is 0 Å². The Hall–Kier alpha value is -2.67. The van der Waals surface area contributed by atoms with Crippen LogP contribution in [0.3, 0.4) is 0 Å². The summed E-state index contributed by atoms with van der Waals surface area (Å²) in [5, 5.41) is 54.6. The molecule has 1 aromatic rings. The highest BCUT2D eigenvalue weighted by atomic mass is 32.1. The van der Waals surface area contributed by atoms with Crippen LogP contribution in [0.4, 0.5) is 5.69 Å². The van der Waals surface area contributed by atoms with Gasteiger partial charge in [0.1, 0.15) is 38.5 Å². The quantitative estimate of drug-likeness (QED) is 0.193. The third-order valence-electron chi connectivity index (χ3n) is 4.88. The van der Waals surface area contributed by atoms with Gasteiger partial charge in [-0.2, -0.15) is 0 Å². The van der Waals surface area contributed by atoms with Crippen molar-refractivity contribution in [3.8, 4) is 10.6 Å². The second-order valence-electron chi connectivity index (χ2n) is 7.80. The number of carboxylic acids is 1. The van der Waals surface area contributed by atoms with Crippen molar-refractivity contribution in [3.63, 3.8) is 0 Å². The topological polar surface area (TPSA) is 160 Å². The smallest absolute Gasteiger partial charge is 0.201 e. The molecule has 0 fully saturated rings. The Labute approximate surface area is 194 Å². The maximum Gasteiger partial charge on any atom is 0.201 e. The van der Waals surface area contributed by atoms with Crippen molar-refractivity contribution in [1.29, 1.82) is 0 Å². The fourth-order valence-electron chi connectivity index (χ4n) is 2.82. The molecule has 0 radical (unpaired) electrons. The van der Waals surface area contributed by atoms with E-state index in [0.717, 1.165) is 11.2 Å². The van der Waals surface area contributed by atoms with Crippen molar-refractivity contribution in [2.45, 2.75) is 24.4 Å². The van der Waals surface area contributed by atoms with Gasteiger partial charge in [-0.3, -0.25) is 0 Å². The minimum absolute atomic E-state index is 0.863. The number of aliphatic hydroxyl groups excluding tert-OH is 5. The number of fused-ring (bicyclic) bond motifs is 2. The largest absolute Gasteiger partial charge is 0.547 e. The lowest BCUT2D eigenvalue weighted by Crippen LogP contribution is -2.52. The van der Waals surface area contributed by atoms with E-state index in [1.54, 1.807) is 11.3 Å². The van der Waals surface area contributed by atoms with E-state index in [4.69, 9.17) is 30.5 Å². The first-order chi connectivity index (χ1) is 15.5. The lowest BCUT2D eigenvalue weighted by atomic mass is 10.0. The van der Waals surface area contributed by atoms with Gasteiger partial charge in [-0.15, -0.1) is 11.3 Å². The minimum atomic E-state index is -2.31. The number of carbonyl (C=O) groups excluding carboxylic acids is 1. The van der Waals surface area contributed by atoms with Crippen molar-refractivity contribution >= 4 is 33.2 Å². The van der Waals surface area contributed by atoms with Crippen LogP contribution < -0.4 is 19.9 Å². The molecule has 4 atom stereocenters. The molecule has 1 aliphatic heterocycles. The van der Waals surface area contributed by atoms with Crippen molar-refractivity contribution < 1.29 is 35.4 Å². The van der Waals surface area contributed by atoms with Gasteiger partial charge in [-0.25, -0.2) is 9.56 Å². The van der Waals surface area contributed by atoms with Crippen molar-refractivity contribution in [3.05, 3.63) is 41.8 Å². The number of hydrogen-bond acceptors (Lipinski definition) is 10. The van der Waals surface area contributed by atoms with Gasteiger partial charge in [0.2, 0.25) is 5.36 Å². The van der Waals surface area contributed by atoms with E-state index in [9.17, 15) is 9.90 Å². The Morgan fingerprint density at radius 1 is 1.09 bits per heavy atom. The Bertz CT molecular complexity index is 1130. The zero-order valence-corrected chi connectivity index (χ0v) is 19.6. The van der Waals surface area contributed by atoms with Crippen LogP contribution in [0.1, 0.15) is 0 Å². The normalized spacial score (nSPS) is 14.7. The number of benzene rings is 2. The average Bonchev–Trinajstić information content (AvgIpc) is 2.80. The number of aromatic nitrogens is 1. The van der Waals surface area contributed by atoms with E-state index in [-0.39, 0.29) is 0 Å². The lowest BCUT2D eigenvalue weighted by molar-refractivity contribution is -0.320. The Kier molecular flexibility index (Phi) is 9.23. The predicted octanol–water partition coefficient (Wildman–Crippen LogP) is -2.33. The van der Waals surface area contributed by atoms with Crippen LogP contribution in [-0.4, -0.2) is 95.7 Å². The molecule has 10 nitrogen and oxygen atoms in total. The second kappa shape index (κ2) is 11.5. The number of rotatable bonds is 6. The van der Waals surface area contributed by atoms with Gasteiger partial charge in [0.15, 0.2) is 0 Å². The standard InChI is InChI=1S/C16H18N3S.C6H12O7/c1-18(2)11-5-7-13-15(9-11)20-16-10-12(19(3)4)6-8-14(16)17-13;7-1-2(8)3(9)4(10)5(11)6(12)13/h5-10H,1-4H3;2-5,7-11H,1H2,(H,12,13)/q+1;/p-1/t;2-,3-,4+,5-/m.1/s1. The van der Waals surface area contributed by atoms with E-state index in [1.165, 1.54) is 20.6 Å². The summed E-state index contributed by atoms with van der Waals surface area (Å²) in [7, 11) is 8.24. The molecule has 1 aromatic carbocycles. The third-order valence-corrected chi connectivity index (χ3v) is 5.97. The lowest BCUT2D eigenvalue weighted by Gasteiger charge is -2.25. The molecular formula is C22H29N3O7S. The predicted molar refractivity (Wildman–Crippen MR) is 124 cm³/mol. The fraction of sp³-hybridized carbons (Fsp3) is 0.409. The Morgan fingerprint density at radius 3 is 2.30 bits per heavy atom. The third kappa shape index (κ3) is 6.67. The van der Waals surface area contributed by atoms with Gasteiger partial charge in [0.25, 0.3) is 0 Å². The maximum atomic E-state index is 9.98. The number of nitrogens with zero attached hydrogens (tertiary/aromatic N) is 3. The number of anilines is 1. The van der Waals surface area contributed by atoms with Crippen molar-refractivity contribution in [2.75, 3.05) is 39.7 Å². The summed E-state index contributed by atoms with van der Waals surface area (Å²) >= 11 is 1.80. The van der Waals surface area contributed by atoms with Crippen molar-refractivity contribution in [1.82, 2.24) is 9.56 Å². The summed E-state index contributed by atoms with van der Waals surface area (Å²) < 4.78 is 3.34. The molecular weight excluding hydrogens is 450 g/mol. The molecule has 1 aliphatic carbocycles. The SMILES string of the molecule is CN(C)c1ccc2nc3ccc(=[N+](C)C)cc-3sc2c1.O=C([O-])[C@H](O)[C@@H](O)[C@H](O)[C@H](O)CO. The summed E-state index contributed by atoms with van der Waals surface area (Å²) in [6.07, 6.45) is -8.08. The van der Waals surface area contributed by atoms with Crippen LogP contribution in [-0.2, 0) is 4.79 Å². The van der Waals surface area contributed by atoms with Gasteiger partial charge < -0.3 is 40.3 Å². The fourth-order valence-corrected chi connectivity index (χ4v) is 3.85. The number of hydrogen-bond donors (Lipinski definition) is 5. The first-order valence-corrected chi connectivity index (χ1v) is 10.8. The van der Waals surface area contributed by atoms with Gasteiger partial charge in [0.05, 0.1) is 33.4 Å². The Balaban J connectivity index is 0.000000260. The minimum Gasteiger partial charge on any atom is -0.547 e. The molecule has 0 saturated heterocycles. The highest BCUT2D eigenvalue weighted by molar-refractivity contribution is 7.21. The number of carboxylic acid groups (broad SMARTS) is 1. The molecule has 0 spiro atoms. The van der Waals surface area contributed by atoms with Crippen LogP contribution in [0.15, 0.2) is 36.4 Å². The molecule has 0 saturated carbocycles. The number of aliphatic carboxylic acids is 1. The summed E-state index contributed by atoms with van der Waals surface area (Å²) in [6.45, 7) is -0.863. The zero-order chi connectivity index (χ0) is 24.9. The first kappa shape index (κ1) is 26.6. The second-order valence-corrected chi connectivity index (χ2v) is 8.89. The van der Waals surface area contributed by atoms with E-state index >= 15 is 0 Å². The average molecular weight is 480 g/mol. The van der Waals surface area contributed by atoms with E-state index in [0.29, 0.717) is 0 Å². The van der Waals surface area contributed by atoms with E-state index in [2.05, 4.69) is 74.1 Å². The molecule has 1 heterocycles. The number of aliphatic hydroxyl groups is 5. The van der Waals surface area contributed by atoms with E-state index < -0.39 is 37.0 Å². The Morgan fingerprint density at radius 2 is 1.76 bits per heavy atom. The molecule has 2 aliphatic rings. The molecule has 0 bridgehead atoms. The zero-order valence-electron chi connectivity index (χ0n) is 18.8. The summed E-state index contributed by atoms with van der Waals surface area (Å²) in [4.78, 5) is 18.1.